The molecule has 11 atom stereocenters. The van der Waals surface area contributed by atoms with Crippen molar-refractivity contribution in [1.82, 2.24) is 0 Å². The van der Waals surface area contributed by atoms with E-state index in [9.17, 15) is 15.0 Å². The minimum Gasteiger partial charge on any atom is -0.466 e. The van der Waals surface area contributed by atoms with Crippen LogP contribution in [-0.2, 0) is 9.53 Å². The Balaban J connectivity index is 1.22. The number of hydrogen-bond donors (Lipinski definition) is 2. The number of hydrogen-bond acceptors (Lipinski definition) is 4. The molecule has 5 saturated carbocycles. The summed E-state index contributed by atoms with van der Waals surface area (Å²) in [5.41, 5.74) is 0.550. The second-order valence-electron chi connectivity index (χ2n) is 14.4. The molecule has 0 bridgehead atoms. The maximum absolute atomic E-state index is 12.2. The van der Waals surface area contributed by atoms with Crippen molar-refractivity contribution in [1.29, 1.82) is 0 Å². The van der Waals surface area contributed by atoms with Crippen molar-refractivity contribution in [3.8, 4) is 0 Å². The summed E-state index contributed by atoms with van der Waals surface area (Å²) in [7, 11) is 0. The van der Waals surface area contributed by atoms with Crippen LogP contribution >= 0.6 is 0 Å². The molecule has 0 radical (unpaired) electrons. The molecular formula is C32H54O4. The molecule has 5 rings (SSSR count). The maximum atomic E-state index is 12.2. The average molecular weight is 503 g/mol. The Bertz CT molecular complexity index is 778. The number of carbonyl (C=O) groups excluding carboxylic acids is 1. The van der Waals surface area contributed by atoms with Crippen molar-refractivity contribution in [2.75, 3.05) is 6.61 Å². The monoisotopic (exact) mass is 502 g/mol. The average Bonchev–Trinajstić information content (AvgIpc) is 3.59. The lowest BCUT2D eigenvalue weighted by Crippen LogP contribution is -2.62. The molecule has 0 aromatic heterocycles. The van der Waals surface area contributed by atoms with E-state index >= 15 is 0 Å². The van der Waals surface area contributed by atoms with Crippen LogP contribution in [0.25, 0.3) is 0 Å². The van der Waals surface area contributed by atoms with E-state index in [1.807, 2.05) is 0 Å². The molecule has 0 aliphatic heterocycles. The molecular weight excluding hydrogens is 448 g/mol. The maximum Gasteiger partial charge on any atom is 0.305 e. The van der Waals surface area contributed by atoms with Crippen LogP contribution in [0, 0.1) is 58.2 Å². The SMILES string of the molecule is CC[C@H]1[C@@H](O)[C@@H]2[C@H](CC[C@]3(C)[C@@H]([C@H](C)CCOC(=O)CCCC4CC4)CC[C@@H]23)[C@@]2(C)CC[C@@H](O)C[C@@H]12. The standard InChI is InChI=1S/C32H54O4/c1-5-23-27-19-22(33)13-16-32(27,4)26-14-17-31(3)24(11-12-25(31)29(26)30(23)35)20(2)15-18-36-28(34)8-6-7-21-9-10-21/h20-27,29-30,33,35H,5-19H2,1-4H3/t20-,22-,23-,24-,25+,26+,27+,29+,30-,31-,32-/m1/s1. The van der Waals surface area contributed by atoms with Crippen LogP contribution < -0.4 is 0 Å². The van der Waals surface area contributed by atoms with E-state index in [1.54, 1.807) is 0 Å². The molecule has 0 amide bonds. The number of aliphatic hydroxyl groups excluding tert-OH is 2. The van der Waals surface area contributed by atoms with Gasteiger partial charge in [0.1, 0.15) is 0 Å². The third kappa shape index (κ3) is 4.80. The van der Waals surface area contributed by atoms with Gasteiger partial charge in [0, 0.05) is 6.42 Å². The van der Waals surface area contributed by atoms with Crippen LogP contribution in [0.2, 0.25) is 0 Å². The number of ether oxygens (including phenoxy) is 1. The molecule has 0 aromatic rings. The summed E-state index contributed by atoms with van der Waals surface area (Å²) in [5.74, 6) is 4.47. The van der Waals surface area contributed by atoms with Crippen molar-refractivity contribution in [2.45, 2.75) is 130 Å². The third-order valence-electron chi connectivity index (χ3n) is 12.7. The molecule has 5 aliphatic carbocycles. The summed E-state index contributed by atoms with van der Waals surface area (Å²) < 4.78 is 5.66. The molecule has 2 N–H and O–H groups in total. The summed E-state index contributed by atoms with van der Waals surface area (Å²) in [6, 6.07) is 0. The normalized spacial score (nSPS) is 46.9. The zero-order valence-electron chi connectivity index (χ0n) is 23.6. The Hall–Kier alpha value is -0.610. The number of rotatable bonds is 9. The fourth-order valence-corrected chi connectivity index (χ4v) is 10.5. The van der Waals surface area contributed by atoms with Crippen LogP contribution in [0.5, 0.6) is 0 Å². The van der Waals surface area contributed by atoms with Crippen molar-refractivity contribution in [2.24, 2.45) is 58.2 Å². The van der Waals surface area contributed by atoms with E-state index in [-0.39, 0.29) is 29.0 Å². The number of carbonyl (C=O) groups is 1. The molecule has 0 spiro atoms. The Morgan fingerprint density at radius 1 is 0.972 bits per heavy atom. The van der Waals surface area contributed by atoms with Gasteiger partial charge in [-0.25, -0.2) is 0 Å². The first-order valence-electron chi connectivity index (χ1n) is 15.7. The van der Waals surface area contributed by atoms with Gasteiger partial charge in [-0.15, -0.1) is 0 Å². The summed E-state index contributed by atoms with van der Waals surface area (Å²) >= 11 is 0. The van der Waals surface area contributed by atoms with Crippen molar-refractivity contribution in [3.63, 3.8) is 0 Å². The van der Waals surface area contributed by atoms with Gasteiger partial charge < -0.3 is 14.9 Å². The highest BCUT2D eigenvalue weighted by atomic mass is 16.5. The van der Waals surface area contributed by atoms with E-state index in [1.165, 1.54) is 44.9 Å². The highest BCUT2D eigenvalue weighted by Gasteiger charge is 2.64. The number of esters is 1. The van der Waals surface area contributed by atoms with Gasteiger partial charge in [0.25, 0.3) is 0 Å². The van der Waals surface area contributed by atoms with Gasteiger partial charge in [0.15, 0.2) is 0 Å². The molecule has 0 unspecified atom stereocenters. The molecule has 0 saturated heterocycles. The minimum absolute atomic E-state index is 0.00444. The Morgan fingerprint density at radius 3 is 2.42 bits per heavy atom. The molecule has 206 valence electrons. The van der Waals surface area contributed by atoms with Crippen LogP contribution in [0.1, 0.15) is 118 Å². The Labute approximate surface area is 220 Å². The molecule has 36 heavy (non-hydrogen) atoms. The molecule has 0 heterocycles. The molecule has 4 heteroatoms. The van der Waals surface area contributed by atoms with E-state index in [2.05, 4.69) is 27.7 Å². The summed E-state index contributed by atoms with van der Waals surface area (Å²) in [5, 5.41) is 22.4. The zero-order chi connectivity index (χ0) is 25.7. The van der Waals surface area contributed by atoms with Gasteiger partial charge in [-0.05, 0) is 122 Å². The smallest absolute Gasteiger partial charge is 0.305 e. The van der Waals surface area contributed by atoms with Crippen LogP contribution in [-0.4, -0.2) is 35.0 Å². The summed E-state index contributed by atoms with van der Waals surface area (Å²) in [6.07, 6.45) is 15.0. The fraction of sp³-hybridized carbons (Fsp3) is 0.969. The van der Waals surface area contributed by atoms with Gasteiger partial charge in [-0.1, -0.05) is 47.0 Å². The summed E-state index contributed by atoms with van der Waals surface area (Å²) in [6.45, 7) is 10.3. The topological polar surface area (TPSA) is 66.8 Å². The quantitative estimate of drug-likeness (QED) is 0.342. The first-order valence-corrected chi connectivity index (χ1v) is 15.7. The van der Waals surface area contributed by atoms with Crippen molar-refractivity contribution >= 4 is 5.97 Å². The lowest BCUT2D eigenvalue weighted by Gasteiger charge is -2.64. The fourth-order valence-electron chi connectivity index (χ4n) is 10.5. The predicted molar refractivity (Wildman–Crippen MR) is 143 cm³/mol. The van der Waals surface area contributed by atoms with E-state index in [0.29, 0.717) is 54.5 Å². The third-order valence-corrected chi connectivity index (χ3v) is 12.7. The summed E-state index contributed by atoms with van der Waals surface area (Å²) in [4.78, 5) is 12.2. The van der Waals surface area contributed by atoms with Gasteiger partial charge in [0.2, 0.25) is 0 Å². The predicted octanol–water partition coefficient (Wildman–Crippen LogP) is 6.76. The van der Waals surface area contributed by atoms with E-state index < -0.39 is 0 Å². The van der Waals surface area contributed by atoms with Crippen molar-refractivity contribution < 1.29 is 19.7 Å². The molecule has 0 aromatic carbocycles. The molecule has 5 aliphatic rings. The molecule has 5 fully saturated rings. The Kier molecular flexibility index (Phi) is 7.88. The van der Waals surface area contributed by atoms with Crippen molar-refractivity contribution in [3.05, 3.63) is 0 Å². The number of fused-ring (bicyclic) bond motifs is 5. The van der Waals surface area contributed by atoms with Crippen LogP contribution in [0.3, 0.4) is 0 Å². The minimum atomic E-state index is -0.223. The lowest BCUT2D eigenvalue weighted by molar-refractivity contribution is -0.203. The van der Waals surface area contributed by atoms with Gasteiger partial charge in [-0.2, -0.15) is 0 Å². The second kappa shape index (κ2) is 10.5. The highest BCUT2D eigenvalue weighted by Crippen LogP contribution is 2.69. The molecule has 4 nitrogen and oxygen atoms in total. The highest BCUT2D eigenvalue weighted by molar-refractivity contribution is 5.69. The van der Waals surface area contributed by atoms with Gasteiger partial charge in [0.05, 0.1) is 18.8 Å². The van der Waals surface area contributed by atoms with E-state index in [0.717, 1.165) is 44.4 Å². The van der Waals surface area contributed by atoms with E-state index in [4.69, 9.17) is 4.74 Å². The van der Waals surface area contributed by atoms with Crippen LogP contribution in [0.15, 0.2) is 0 Å². The first kappa shape index (κ1) is 27.0. The Morgan fingerprint density at radius 2 is 1.69 bits per heavy atom. The first-order chi connectivity index (χ1) is 17.2. The lowest BCUT2D eigenvalue weighted by atomic mass is 9.41. The second-order valence-corrected chi connectivity index (χ2v) is 14.4. The zero-order valence-corrected chi connectivity index (χ0v) is 23.6. The number of aliphatic hydroxyl groups is 2. The van der Waals surface area contributed by atoms with Gasteiger partial charge >= 0.3 is 5.97 Å². The largest absolute Gasteiger partial charge is 0.466 e. The van der Waals surface area contributed by atoms with Gasteiger partial charge in [-0.3, -0.25) is 4.79 Å². The van der Waals surface area contributed by atoms with Crippen LogP contribution in [0.4, 0.5) is 0 Å².